The van der Waals surface area contributed by atoms with E-state index in [9.17, 15) is 13.2 Å². The molecule has 1 aliphatic rings. The quantitative estimate of drug-likeness (QED) is 0.794. The van der Waals surface area contributed by atoms with E-state index in [0.29, 0.717) is 34.8 Å². The molecule has 21 heavy (non-hydrogen) atoms. The number of anilines is 1. The minimum Gasteiger partial charge on any atom is -0.355 e. The average molecular weight is 316 g/mol. The monoisotopic (exact) mass is 315 g/mol. The van der Waals surface area contributed by atoms with Crippen molar-refractivity contribution in [3.8, 4) is 0 Å². The van der Waals surface area contributed by atoms with Crippen molar-refractivity contribution in [2.24, 2.45) is 5.92 Å². The third-order valence-electron chi connectivity index (χ3n) is 3.70. The normalized spacial score (nSPS) is 20.0. The van der Waals surface area contributed by atoms with Gasteiger partial charge in [0.1, 0.15) is 5.82 Å². The summed E-state index contributed by atoms with van der Waals surface area (Å²) in [5, 5.41) is 0.555. The maximum atomic E-state index is 12.9. The van der Waals surface area contributed by atoms with Gasteiger partial charge in [0.25, 0.3) is 0 Å². The number of hydrogen-bond acceptors (Lipinski definition) is 3. The van der Waals surface area contributed by atoms with Crippen LogP contribution in [0.4, 0.5) is 19.0 Å². The summed E-state index contributed by atoms with van der Waals surface area (Å²) in [6.07, 6.45) is -1.96. The van der Waals surface area contributed by atoms with E-state index in [-0.39, 0.29) is 13.0 Å². The molecule has 1 aromatic carbocycles. The molecule has 0 radical (unpaired) electrons. The fraction of sp³-hybridized carbons (Fsp3) is 0.429. The molecule has 0 spiro atoms. The van der Waals surface area contributed by atoms with Crippen molar-refractivity contribution in [2.45, 2.75) is 19.0 Å². The lowest BCUT2D eigenvalue weighted by molar-refractivity contribution is -0.176. The molecular formula is C14H13ClF3N3. The Labute approximate surface area is 124 Å². The van der Waals surface area contributed by atoms with Crippen molar-refractivity contribution >= 4 is 28.5 Å². The molecule has 1 saturated heterocycles. The van der Waals surface area contributed by atoms with Crippen LogP contribution in [-0.2, 0) is 0 Å². The third kappa shape index (κ3) is 3.05. The Morgan fingerprint density at radius 3 is 2.81 bits per heavy atom. The Kier molecular flexibility index (Phi) is 3.65. The first-order valence-electron chi connectivity index (χ1n) is 6.67. The van der Waals surface area contributed by atoms with Crippen LogP contribution in [0.25, 0.3) is 11.0 Å². The summed E-state index contributed by atoms with van der Waals surface area (Å²) in [4.78, 5) is 10.3. The summed E-state index contributed by atoms with van der Waals surface area (Å²) < 4.78 is 38.6. The Morgan fingerprint density at radius 2 is 2.05 bits per heavy atom. The molecule has 1 atom stereocenters. The molecule has 112 valence electrons. The van der Waals surface area contributed by atoms with Crippen molar-refractivity contribution in [1.29, 1.82) is 0 Å². The SMILES string of the molecule is FC(F)(F)C1CCCN(c2cnc3cc(Cl)ccc3n2)C1. The minimum atomic E-state index is -4.16. The molecule has 1 aliphatic heterocycles. The predicted octanol–water partition coefficient (Wildman–Crippen LogP) is 4.06. The van der Waals surface area contributed by atoms with Crippen molar-refractivity contribution in [3.63, 3.8) is 0 Å². The van der Waals surface area contributed by atoms with Crippen LogP contribution < -0.4 is 4.90 Å². The number of alkyl halides is 3. The van der Waals surface area contributed by atoms with E-state index in [1.807, 2.05) is 0 Å². The van der Waals surface area contributed by atoms with Crippen molar-refractivity contribution in [2.75, 3.05) is 18.0 Å². The number of halogens is 4. The number of hydrogen-bond donors (Lipinski definition) is 0. The van der Waals surface area contributed by atoms with Gasteiger partial charge in [0.05, 0.1) is 23.1 Å². The Hall–Kier alpha value is -1.56. The van der Waals surface area contributed by atoms with Gasteiger partial charge in [-0.1, -0.05) is 11.6 Å². The van der Waals surface area contributed by atoms with Crippen LogP contribution in [-0.4, -0.2) is 29.2 Å². The number of nitrogens with zero attached hydrogens (tertiary/aromatic N) is 3. The number of benzene rings is 1. The zero-order chi connectivity index (χ0) is 15.0. The summed E-state index contributed by atoms with van der Waals surface area (Å²) in [7, 11) is 0. The second-order valence-electron chi connectivity index (χ2n) is 5.19. The third-order valence-corrected chi connectivity index (χ3v) is 3.93. The topological polar surface area (TPSA) is 29.0 Å². The molecule has 0 N–H and O–H groups in total. The van der Waals surface area contributed by atoms with Gasteiger partial charge >= 0.3 is 6.18 Å². The molecular weight excluding hydrogens is 303 g/mol. The van der Waals surface area contributed by atoms with E-state index in [4.69, 9.17) is 11.6 Å². The molecule has 0 amide bonds. The van der Waals surface area contributed by atoms with Crippen LogP contribution in [0, 0.1) is 5.92 Å². The first-order chi connectivity index (χ1) is 9.93. The maximum Gasteiger partial charge on any atom is 0.393 e. The molecule has 0 saturated carbocycles. The van der Waals surface area contributed by atoms with E-state index < -0.39 is 12.1 Å². The lowest BCUT2D eigenvalue weighted by Gasteiger charge is -2.34. The number of fused-ring (bicyclic) bond motifs is 1. The predicted molar refractivity (Wildman–Crippen MR) is 75.5 cm³/mol. The first-order valence-corrected chi connectivity index (χ1v) is 7.05. The van der Waals surface area contributed by atoms with Crippen molar-refractivity contribution in [1.82, 2.24) is 9.97 Å². The van der Waals surface area contributed by atoms with E-state index >= 15 is 0 Å². The molecule has 2 aromatic rings. The fourth-order valence-corrected chi connectivity index (χ4v) is 2.75. The number of aromatic nitrogens is 2. The molecule has 0 bridgehead atoms. The Balaban J connectivity index is 1.88. The van der Waals surface area contributed by atoms with Crippen molar-refractivity contribution in [3.05, 3.63) is 29.4 Å². The lowest BCUT2D eigenvalue weighted by atomic mass is 9.97. The minimum absolute atomic E-state index is 0.0583. The second kappa shape index (κ2) is 5.33. The van der Waals surface area contributed by atoms with Gasteiger partial charge in [-0.15, -0.1) is 0 Å². The summed E-state index contributed by atoms with van der Waals surface area (Å²) in [6.45, 7) is 0.512. The molecule has 0 aliphatic carbocycles. The molecule has 1 aromatic heterocycles. The van der Waals surface area contributed by atoms with Crippen molar-refractivity contribution < 1.29 is 13.2 Å². The van der Waals surface area contributed by atoms with Gasteiger partial charge < -0.3 is 4.90 Å². The summed E-state index contributed by atoms with van der Waals surface area (Å²) >= 11 is 5.87. The van der Waals surface area contributed by atoms with Gasteiger partial charge in [-0.05, 0) is 31.0 Å². The highest BCUT2D eigenvalue weighted by Crippen LogP contribution is 2.34. The molecule has 3 rings (SSSR count). The molecule has 1 unspecified atom stereocenters. The molecule has 3 nitrogen and oxygen atoms in total. The lowest BCUT2D eigenvalue weighted by Crippen LogP contribution is -2.42. The van der Waals surface area contributed by atoms with Crippen LogP contribution in [0.5, 0.6) is 0 Å². The highest BCUT2D eigenvalue weighted by molar-refractivity contribution is 6.31. The zero-order valence-electron chi connectivity index (χ0n) is 11.1. The number of rotatable bonds is 1. The second-order valence-corrected chi connectivity index (χ2v) is 5.62. The fourth-order valence-electron chi connectivity index (χ4n) is 2.58. The van der Waals surface area contributed by atoms with Crippen LogP contribution in [0.1, 0.15) is 12.8 Å². The highest BCUT2D eigenvalue weighted by Gasteiger charge is 2.42. The van der Waals surface area contributed by atoms with Gasteiger partial charge in [-0.2, -0.15) is 13.2 Å². The summed E-state index contributed by atoms with van der Waals surface area (Å²) in [5.41, 5.74) is 1.27. The summed E-state index contributed by atoms with van der Waals surface area (Å²) in [5.74, 6) is -0.812. The largest absolute Gasteiger partial charge is 0.393 e. The molecule has 1 fully saturated rings. The van der Waals surface area contributed by atoms with Crippen LogP contribution >= 0.6 is 11.6 Å². The number of piperidine rings is 1. The molecule has 7 heteroatoms. The first kappa shape index (κ1) is 14.4. The van der Waals surface area contributed by atoms with Gasteiger partial charge in [0.2, 0.25) is 0 Å². The van der Waals surface area contributed by atoms with Crippen LogP contribution in [0.2, 0.25) is 5.02 Å². The smallest absolute Gasteiger partial charge is 0.355 e. The van der Waals surface area contributed by atoms with Crippen LogP contribution in [0.3, 0.4) is 0 Å². The van der Waals surface area contributed by atoms with Gasteiger partial charge in [0, 0.05) is 18.1 Å². The summed E-state index contributed by atoms with van der Waals surface area (Å²) in [6, 6.07) is 5.10. The van der Waals surface area contributed by atoms with Gasteiger partial charge in [-0.3, -0.25) is 4.98 Å². The van der Waals surface area contributed by atoms with Gasteiger partial charge in [-0.25, -0.2) is 4.98 Å². The highest BCUT2D eigenvalue weighted by atomic mass is 35.5. The van der Waals surface area contributed by atoms with E-state index in [1.165, 1.54) is 6.20 Å². The van der Waals surface area contributed by atoms with E-state index in [1.54, 1.807) is 23.1 Å². The van der Waals surface area contributed by atoms with Gasteiger partial charge in [0.15, 0.2) is 0 Å². The van der Waals surface area contributed by atoms with E-state index in [2.05, 4.69) is 9.97 Å². The maximum absolute atomic E-state index is 12.9. The van der Waals surface area contributed by atoms with Crippen LogP contribution in [0.15, 0.2) is 24.4 Å². The van der Waals surface area contributed by atoms with E-state index in [0.717, 1.165) is 0 Å². The Bertz CT molecular complexity index is 659. The zero-order valence-corrected chi connectivity index (χ0v) is 11.8. The average Bonchev–Trinajstić information content (AvgIpc) is 2.46. The Morgan fingerprint density at radius 1 is 1.24 bits per heavy atom. The molecule has 2 heterocycles. The standard InChI is InChI=1S/C14H13ClF3N3/c15-10-3-4-11-12(6-10)19-7-13(20-11)21-5-1-2-9(8-21)14(16,17)18/h3-4,6-7,9H,1-2,5,8H2.